The number of carboxylic acid groups (broad SMARTS) is 1. The molecule has 2 heterocycles. The first-order valence-electron chi connectivity index (χ1n) is 8.60. The number of ketones is 1. The molecule has 2 aliphatic rings. The van der Waals surface area contributed by atoms with Crippen LogP contribution in [0.4, 0.5) is 14.5 Å². The highest BCUT2D eigenvalue weighted by atomic mass is 19.1. The van der Waals surface area contributed by atoms with E-state index in [-0.39, 0.29) is 53.9 Å². The summed E-state index contributed by atoms with van der Waals surface area (Å²) < 4.78 is 30.6. The molecule has 0 unspecified atom stereocenters. The Morgan fingerprint density at radius 3 is 2.37 bits per heavy atom. The number of rotatable bonds is 3. The van der Waals surface area contributed by atoms with Gasteiger partial charge in [-0.25, -0.2) is 13.6 Å². The van der Waals surface area contributed by atoms with Gasteiger partial charge in [0.05, 0.1) is 10.9 Å². The fraction of sp³-hybridized carbons (Fsp3) is 0.389. The summed E-state index contributed by atoms with van der Waals surface area (Å²) in [4.78, 5) is 39.3. The Balaban J connectivity index is 2.05. The molecular weight excluding hydrogens is 360 g/mol. The number of nitrogens with zero attached hydrogens (tertiary/aromatic N) is 1. The third-order valence-electron chi connectivity index (χ3n) is 5.34. The minimum absolute atomic E-state index is 0.0186. The summed E-state index contributed by atoms with van der Waals surface area (Å²) in [5.74, 6) is -3.42. The molecule has 142 valence electrons. The molecule has 2 aromatic rings. The first-order chi connectivity index (χ1) is 12.7. The van der Waals surface area contributed by atoms with Gasteiger partial charge in [-0.15, -0.1) is 0 Å². The normalized spacial score (nSPS) is 18.8. The van der Waals surface area contributed by atoms with Crippen molar-refractivity contribution in [1.29, 1.82) is 0 Å². The number of nitrogens with two attached hydrogens (primary N) is 1. The molecule has 0 amide bonds. The number of Topliss-reactive ketones (excluding diaryl/α,β-unsaturated/α-hetero) is 1. The predicted molar refractivity (Wildman–Crippen MR) is 93.0 cm³/mol. The lowest BCUT2D eigenvalue weighted by Gasteiger charge is -2.30. The minimum atomic E-state index is -1.49. The van der Waals surface area contributed by atoms with Gasteiger partial charge >= 0.3 is 5.97 Å². The van der Waals surface area contributed by atoms with E-state index in [4.69, 9.17) is 5.73 Å². The van der Waals surface area contributed by atoms with E-state index < -0.39 is 34.1 Å². The second-order valence-electron chi connectivity index (χ2n) is 7.12. The number of hydrogen-bond acceptors (Lipinski definition) is 5. The van der Waals surface area contributed by atoms with Crippen LogP contribution in [0, 0.1) is 11.6 Å². The van der Waals surface area contributed by atoms with Gasteiger partial charge in [0.1, 0.15) is 17.0 Å². The molecule has 0 atom stereocenters. The number of piperidine rings is 1. The molecule has 7 nitrogen and oxygen atoms in total. The van der Waals surface area contributed by atoms with Crippen molar-refractivity contribution >= 4 is 28.3 Å². The molecule has 1 aromatic heterocycles. The lowest BCUT2D eigenvalue weighted by molar-refractivity contribution is -0.119. The van der Waals surface area contributed by atoms with Crippen molar-refractivity contribution < 1.29 is 23.5 Å². The molecule has 1 aromatic carbocycles. The van der Waals surface area contributed by atoms with E-state index in [1.54, 1.807) is 0 Å². The second kappa shape index (κ2) is 5.85. The summed E-state index contributed by atoms with van der Waals surface area (Å²) in [5.41, 5.74) is 2.68. The maximum atomic E-state index is 15.4. The zero-order valence-electron chi connectivity index (χ0n) is 14.3. The largest absolute Gasteiger partial charge is 0.477 e. The summed E-state index contributed by atoms with van der Waals surface area (Å²) >= 11 is 0. The zero-order chi connectivity index (χ0) is 19.5. The standard InChI is InChI=1S/C18H17F2N3O4/c19-12-11(18(21)3-4-18)10-14(22-7-9(16(10)25)17(26)27)13(20)15(12)23-5-1-8(24)2-6-23/h7H,1-6,21H2,(H,22,25)(H,26,27). The summed E-state index contributed by atoms with van der Waals surface area (Å²) in [6.45, 7) is 0.319. The Morgan fingerprint density at radius 1 is 1.19 bits per heavy atom. The zero-order valence-corrected chi connectivity index (χ0v) is 14.3. The molecule has 2 fully saturated rings. The number of H-pyrrole nitrogens is 1. The lowest BCUT2D eigenvalue weighted by Crippen LogP contribution is -2.36. The van der Waals surface area contributed by atoms with Crippen molar-refractivity contribution in [3.05, 3.63) is 39.2 Å². The van der Waals surface area contributed by atoms with E-state index in [1.807, 2.05) is 0 Å². The molecular formula is C18H17F2N3O4. The maximum Gasteiger partial charge on any atom is 0.341 e. The SMILES string of the molecule is NC1(c2c(F)c(N3CCC(=O)CC3)c(F)c3[nH]cc(C(=O)O)c(=O)c23)CC1. The summed E-state index contributed by atoms with van der Waals surface area (Å²) in [5, 5.41) is 8.82. The summed E-state index contributed by atoms with van der Waals surface area (Å²) in [7, 11) is 0. The van der Waals surface area contributed by atoms with Crippen LogP contribution >= 0.6 is 0 Å². The fourth-order valence-electron chi connectivity index (χ4n) is 3.65. The fourth-order valence-corrected chi connectivity index (χ4v) is 3.65. The highest BCUT2D eigenvalue weighted by Crippen LogP contribution is 2.48. The quantitative estimate of drug-likeness (QED) is 0.748. The van der Waals surface area contributed by atoms with E-state index in [0.717, 1.165) is 6.20 Å². The Hall–Kier alpha value is -2.81. The Bertz CT molecular complexity index is 1050. The average molecular weight is 377 g/mol. The van der Waals surface area contributed by atoms with Crippen molar-refractivity contribution in [3.63, 3.8) is 0 Å². The lowest BCUT2D eigenvalue weighted by atomic mass is 9.95. The number of carbonyl (C=O) groups is 2. The van der Waals surface area contributed by atoms with E-state index in [2.05, 4.69) is 4.98 Å². The summed E-state index contributed by atoms with van der Waals surface area (Å²) in [6.07, 6.45) is 2.05. The van der Waals surface area contributed by atoms with Gasteiger partial charge in [0.15, 0.2) is 11.6 Å². The van der Waals surface area contributed by atoms with Gasteiger partial charge in [0.25, 0.3) is 0 Å². The number of aromatic nitrogens is 1. The number of nitrogens with one attached hydrogen (secondary N) is 1. The van der Waals surface area contributed by atoms with Gasteiger partial charge in [0, 0.05) is 43.2 Å². The number of aromatic amines is 1. The molecule has 0 radical (unpaired) electrons. The number of aromatic carboxylic acids is 1. The Morgan fingerprint density at radius 2 is 1.81 bits per heavy atom. The molecule has 27 heavy (non-hydrogen) atoms. The molecule has 9 heteroatoms. The molecule has 0 bridgehead atoms. The van der Waals surface area contributed by atoms with Crippen LogP contribution in [0.1, 0.15) is 41.6 Å². The Kier molecular flexibility index (Phi) is 3.81. The average Bonchev–Trinajstić information content (AvgIpc) is 3.35. The van der Waals surface area contributed by atoms with Crippen molar-refractivity contribution in [2.24, 2.45) is 5.73 Å². The highest BCUT2D eigenvalue weighted by molar-refractivity contribution is 5.96. The van der Waals surface area contributed by atoms with Crippen LogP contribution in [-0.2, 0) is 10.3 Å². The van der Waals surface area contributed by atoms with Gasteiger partial charge in [0.2, 0.25) is 5.43 Å². The topological polar surface area (TPSA) is 116 Å². The molecule has 4 rings (SSSR count). The summed E-state index contributed by atoms with van der Waals surface area (Å²) in [6, 6.07) is 0. The number of halogens is 2. The van der Waals surface area contributed by atoms with E-state index in [1.165, 1.54) is 4.90 Å². The number of fused-ring (bicyclic) bond motifs is 1. The van der Waals surface area contributed by atoms with Crippen molar-refractivity contribution in [3.8, 4) is 0 Å². The monoisotopic (exact) mass is 377 g/mol. The minimum Gasteiger partial charge on any atom is -0.477 e. The highest BCUT2D eigenvalue weighted by Gasteiger charge is 2.46. The number of carboxylic acids is 1. The Labute approximate surface area is 151 Å². The van der Waals surface area contributed by atoms with Gasteiger partial charge in [-0.2, -0.15) is 0 Å². The smallest absolute Gasteiger partial charge is 0.341 e. The number of benzene rings is 1. The van der Waals surface area contributed by atoms with Gasteiger partial charge in [-0.3, -0.25) is 9.59 Å². The van der Waals surface area contributed by atoms with Gasteiger partial charge < -0.3 is 20.7 Å². The van der Waals surface area contributed by atoms with Crippen LogP contribution in [0.15, 0.2) is 11.0 Å². The number of pyridine rings is 1. The van der Waals surface area contributed by atoms with Crippen molar-refractivity contribution in [1.82, 2.24) is 4.98 Å². The molecule has 1 saturated carbocycles. The molecule has 0 spiro atoms. The van der Waals surface area contributed by atoms with Crippen LogP contribution < -0.4 is 16.1 Å². The van der Waals surface area contributed by atoms with Gasteiger partial charge in [-0.05, 0) is 12.8 Å². The van der Waals surface area contributed by atoms with Gasteiger partial charge in [-0.1, -0.05) is 0 Å². The van der Waals surface area contributed by atoms with Crippen LogP contribution in [-0.4, -0.2) is 34.9 Å². The number of hydrogen-bond donors (Lipinski definition) is 3. The predicted octanol–water partition coefficient (Wildman–Crippen LogP) is 1.62. The van der Waals surface area contributed by atoms with Crippen LogP contribution in [0.25, 0.3) is 10.9 Å². The molecule has 4 N–H and O–H groups in total. The van der Waals surface area contributed by atoms with Crippen molar-refractivity contribution in [2.75, 3.05) is 18.0 Å². The molecule has 1 aliphatic carbocycles. The van der Waals surface area contributed by atoms with Crippen LogP contribution in [0.5, 0.6) is 0 Å². The third kappa shape index (κ3) is 2.61. The first kappa shape index (κ1) is 17.6. The van der Waals surface area contributed by atoms with Crippen LogP contribution in [0.2, 0.25) is 0 Å². The van der Waals surface area contributed by atoms with E-state index >= 15 is 8.78 Å². The van der Waals surface area contributed by atoms with E-state index in [0.29, 0.717) is 12.8 Å². The third-order valence-corrected chi connectivity index (χ3v) is 5.34. The number of anilines is 1. The maximum absolute atomic E-state index is 15.4. The van der Waals surface area contributed by atoms with Crippen molar-refractivity contribution in [2.45, 2.75) is 31.2 Å². The number of carbonyl (C=O) groups excluding carboxylic acids is 1. The first-order valence-corrected chi connectivity index (χ1v) is 8.60. The second-order valence-corrected chi connectivity index (χ2v) is 7.12. The molecule has 1 saturated heterocycles. The van der Waals surface area contributed by atoms with Crippen LogP contribution in [0.3, 0.4) is 0 Å². The molecule has 1 aliphatic heterocycles. The van der Waals surface area contributed by atoms with E-state index in [9.17, 15) is 19.5 Å².